The van der Waals surface area contributed by atoms with Gasteiger partial charge in [-0.2, -0.15) is 0 Å². The van der Waals surface area contributed by atoms with E-state index in [9.17, 15) is 0 Å². The van der Waals surface area contributed by atoms with Crippen molar-refractivity contribution in [3.05, 3.63) is 18.2 Å². The second-order valence-corrected chi connectivity index (χ2v) is 5.28. The molecule has 1 aromatic heterocycles. The van der Waals surface area contributed by atoms with Crippen molar-refractivity contribution in [1.29, 1.82) is 0 Å². The minimum absolute atomic E-state index is 0.507. The van der Waals surface area contributed by atoms with Gasteiger partial charge in [-0.15, -0.1) is 0 Å². The number of nitrogens with zero attached hydrogens (tertiary/aromatic N) is 2. The van der Waals surface area contributed by atoms with Crippen LogP contribution >= 0.6 is 0 Å². The summed E-state index contributed by atoms with van der Waals surface area (Å²) in [5, 5.41) is 3.56. The van der Waals surface area contributed by atoms with Crippen molar-refractivity contribution in [2.45, 2.75) is 38.3 Å². The fourth-order valence-electron chi connectivity index (χ4n) is 3.08. The van der Waals surface area contributed by atoms with Crippen molar-refractivity contribution in [2.24, 2.45) is 5.92 Å². The standard InChI is InChI=1S/C13H21N3O/c1-10-8-17-6-4-12(10)16-9-14-7-13(16)11-3-2-5-15-11/h7,9-12,15H,2-6,8H2,1H3/t10?,11-,12?/m0/s1. The van der Waals surface area contributed by atoms with E-state index in [-0.39, 0.29) is 0 Å². The van der Waals surface area contributed by atoms with Crippen molar-refractivity contribution < 1.29 is 4.74 Å². The van der Waals surface area contributed by atoms with Gasteiger partial charge in [0.2, 0.25) is 0 Å². The lowest BCUT2D eigenvalue weighted by Crippen LogP contribution is -2.30. The maximum atomic E-state index is 5.53. The molecule has 3 atom stereocenters. The van der Waals surface area contributed by atoms with Crippen LogP contribution in [0.1, 0.15) is 44.0 Å². The van der Waals surface area contributed by atoms with Crippen LogP contribution in [-0.4, -0.2) is 29.3 Å². The van der Waals surface area contributed by atoms with Crippen LogP contribution in [0.25, 0.3) is 0 Å². The minimum atomic E-state index is 0.507. The molecular formula is C13H21N3O. The predicted molar refractivity (Wildman–Crippen MR) is 65.8 cm³/mol. The Labute approximate surface area is 102 Å². The number of aromatic nitrogens is 2. The van der Waals surface area contributed by atoms with Crippen LogP contribution < -0.4 is 5.32 Å². The van der Waals surface area contributed by atoms with Gasteiger partial charge in [-0.3, -0.25) is 0 Å². The number of rotatable bonds is 2. The third-order valence-corrected chi connectivity index (χ3v) is 4.07. The molecule has 0 saturated carbocycles. The Morgan fingerprint density at radius 2 is 2.41 bits per heavy atom. The zero-order chi connectivity index (χ0) is 11.7. The summed E-state index contributed by atoms with van der Waals surface area (Å²) in [5.41, 5.74) is 1.36. The zero-order valence-corrected chi connectivity index (χ0v) is 10.4. The molecule has 2 unspecified atom stereocenters. The monoisotopic (exact) mass is 235 g/mol. The molecule has 4 heteroatoms. The largest absolute Gasteiger partial charge is 0.381 e. The van der Waals surface area contributed by atoms with Gasteiger partial charge >= 0.3 is 0 Å². The van der Waals surface area contributed by atoms with Crippen LogP contribution in [0, 0.1) is 5.92 Å². The van der Waals surface area contributed by atoms with Crippen LogP contribution in [0.2, 0.25) is 0 Å². The molecule has 4 nitrogen and oxygen atoms in total. The van der Waals surface area contributed by atoms with Crippen molar-refractivity contribution >= 4 is 0 Å². The van der Waals surface area contributed by atoms with Crippen LogP contribution in [0.5, 0.6) is 0 Å². The highest BCUT2D eigenvalue weighted by atomic mass is 16.5. The van der Waals surface area contributed by atoms with Gasteiger partial charge in [0, 0.05) is 30.8 Å². The molecule has 0 aromatic carbocycles. The van der Waals surface area contributed by atoms with Gasteiger partial charge in [-0.25, -0.2) is 4.98 Å². The van der Waals surface area contributed by atoms with Crippen molar-refractivity contribution in [3.8, 4) is 0 Å². The fraction of sp³-hybridized carbons (Fsp3) is 0.769. The van der Waals surface area contributed by atoms with Gasteiger partial charge in [0.1, 0.15) is 0 Å². The van der Waals surface area contributed by atoms with Gasteiger partial charge in [0.05, 0.1) is 18.6 Å². The Hall–Kier alpha value is -0.870. The lowest BCUT2D eigenvalue weighted by atomic mass is 9.97. The quantitative estimate of drug-likeness (QED) is 0.851. The number of ether oxygens (including phenoxy) is 1. The molecule has 2 aliphatic heterocycles. The van der Waals surface area contributed by atoms with E-state index >= 15 is 0 Å². The normalized spacial score (nSPS) is 34.1. The lowest BCUT2D eigenvalue weighted by molar-refractivity contribution is 0.0275. The van der Waals surface area contributed by atoms with E-state index < -0.39 is 0 Å². The molecule has 0 spiro atoms. The molecule has 0 amide bonds. The van der Waals surface area contributed by atoms with Crippen LogP contribution in [-0.2, 0) is 4.74 Å². The highest BCUT2D eigenvalue weighted by molar-refractivity contribution is 5.09. The van der Waals surface area contributed by atoms with Crippen LogP contribution in [0.4, 0.5) is 0 Å². The molecule has 1 aromatic rings. The van der Waals surface area contributed by atoms with Gasteiger partial charge < -0.3 is 14.6 Å². The van der Waals surface area contributed by atoms with E-state index in [4.69, 9.17) is 4.74 Å². The molecule has 94 valence electrons. The second-order valence-electron chi connectivity index (χ2n) is 5.28. The molecule has 0 bridgehead atoms. The SMILES string of the molecule is CC1COCCC1n1cncc1[C@@H]1CCCN1. The fourth-order valence-corrected chi connectivity index (χ4v) is 3.08. The second kappa shape index (κ2) is 4.78. The molecule has 3 heterocycles. The first-order valence-electron chi connectivity index (χ1n) is 6.69. The third kappa shape index (κ3) is 2.11. The van der Waals surface area contributed by atoms with E-state index in [0.717, 1.165) is 26.2 Å². The molecule has 0 radical (unpaired) electrons. The molecular weight excluding hydrogens is 214 g/mol. The minimum Gasteiger partial charge on any atom is -0.381 e. The molecule has 3 rings (SSSR count). The van der Waals surface area contributed by atoms with E-state index in [1.807, 2.05) is 12.5 Å². The number of imidazole rings is 1. The van der Waals surface area contributed by atoms with Gasteiger partial charge in [-0.05, 0) is 25.8 Å². The first-order chi connectivity index (χ1) is 8.36. The van der Waals surface area contributed by atoms with Crippen LogP contribution in [0.15, 0.2) is 12.5 Å². The molecule has 2 saturated heterocycles. The molecule has 2 fully saturated rings. The summed E-state index contributed by atoms with van der Waals surface area (Å²) in [6, 6.07) is 1.07. The maximum Gasteiger partial charge on any atom is 0.0951 e. The molecule has 1 N–H and O–H groups in total. The number of hydrogen-bond acceptors (Lipinski definition) is 3. The zero-order valence-electron chi connectivity index (χ0n) is 10.4. The summed E-state index contributed by atoms with van der Waals surface area (Å²) in [6.45, 7) is 5.17. The summed E-state index contributed by atoms with van der Waals surface area (Å²) in [6.07, 6.45) is 7.66. The highest BCUT2D eigenvalue weighted by Crippen LogP contribution is 2.31. The molecule has 0 aliphatic carbocycles. The van der Waals surface area contributed by atoms with Crippen LogP contribution in [0.3, 0.4) is 0 Å². The number of nitrogens with one attached hydrogen (secondary N) is 1. The average molecular weight is 235 g/mol. The smallest absolute Gasteiger partial charge is 0.0951 e. The van der Waals surface area contributed by atoms with Crippen molar-refractivity contribution in [1.82, 2.24) is 14.9 Å². The van der Waals surface area contributed by atoms with Crippen molar-refractivity contribution in [2.75, 3.05) is 19.8 Å². The summed E-state index contributed by atoms with van der Waals surface area (Å²) < 4.78 is 7.91. The Kier molecular flexibility index (Phi) is 3.16. The van der Waals surface area contributed by atoms with Gasteiger partial charge in [-0.1, -0.05) is 6.92 Å². The topological polar surface area (TPSA) is 39.1 Å². The Bertz CT molecular complexity index is 370. The maximum absolute atomic E-state index is 5.53. The first kappa shape index (κ1) is 11.2. The summed E-state index contributed by atoms with van der Waals surface area (Å²) in [5.74, 6) is 0.582. The van der Waals surface area contributed by atoms with Gasteiger partial charge in [0.15, 0.2) is 0 Å². The summed E-state index contributed by atoms with van der Waals surface area (Å²) in [4.78, 5) is 4.36. The summed E-state index contributed by atoms with van der Waals surface area (Å²) in [7, 11) is 0. The molecule has 2 aliphatic rings. The molecule has 17 heavy (non-hydrogen) atoms. The Balaban J connectivity index is 1.84. The summed E-state index contributed by atoms with van der Waals surface area (Å²) >= 11 is 0. The average Bonchev–Trinajstić information content (AvgIpc) is 3.00. The Morgan fingerprint density at radius 3 is 3.18 bits per heavy atom. The van der Waals surface area contributed by atoms with Crippen molar-refractivity contribution in [3.63, 3.8) is 0 Å². The van der Waals surface area contributed by atoms with E-state index in [2.05, 4.69) is 21.8 Å². The Morgan fingerprint density at radius 1 is 1.47 bits per heavy atom. The predicted octanol–water partition coefficient (Wildman–Crippen LogP) is 1.91. The van der Waals surface area contributed by atoms with E-state index in [0.29, 0.717) is 18.0 Å². The highest BCUT2D eigenvalue weighted by Gasteiger charge is 2.28. The number of hydrogen-bond donors (Lipinski definition) is 1. The first-order valence-corrected chi connectivity index (χ1v) is 6.69. The lowest BCUT2D eigenvalue weighted by Gasteiger charge is -2.32. The van der Waals surface area contributed by atoms with Gasteiger partial charge in [0.25, 0.3) is 0 Å². The van der Waals surface area contributed by atoms with E-state index in [1.54, 1.807) is 0 Å². The van der Waals surface area contributed by atoms with E-state index in [1.165, 1.54) is 18.5 Å². The third-order valence-electron chi connectivity index (χ3n) is 4.07.